The summed E-state index contributed by atoms with van der Waals surface area (Å²) in [4.78, 5) is 10.2. The lowest BCUT2D eigenvalue weighted by Crippen LogP contribution is -2.24. The summed E-state index contributed by atoms with van der Waals surface area (Å²) in [6.45, 7) is 6.13. The molecule has 13 heavy (non-hydrogen) atoms. The number of unbranched alkanes of at least 4 members (excludes halogenated alkanes) is 1. The van der Waals surface area contributed by atoms with Crippen LogP contribution in [0.15, 0.2) is 0 Å². The van der Waals surface area contributed by atoms with Gasteiger partial charge in [0, 0.05) is 6.42 Å². The Morgan fingerprint density at radius 2 is 2.00 bits per heavy atom. The first-order valence-electron chi connectivity index (χ1n) is 5.14. The fourth-order valence-electron chi connectivity index (χ4n) is 1.34. The SMILES string of the molecule is CC(C)CCCCC(C)(O)CC=O. The van der Waals surface area contributed by atoms with Crippen LogP contribution in [0.5, 0.6) is 0 Å². The fraction of sp³-hybridized carbons (Fsp3) is 0.909. The molecule has 0 heterocycles. The van der Waals surface area contributed by atoms with Gasteiger partial charge in [-0.05, 0) is 19.3 Å². The van der Waals surface area contributed by atoms with Gasteiger partial charge < -0.3 is 9.90 Å². The first kappa shape index (κ1) is 12.6. The number of carbonyl (C=O) groups excluding carboxylic acids is 1. The maximum atomic E-state index is 10.2. The summed E-state index contributed by atoms with van der Waals surface area (Å²) in [5.41, 5.74) is -0.779. The maximum absolute atomic E-state index is 10.2. The first-order chi connectivity index (χ1) is 5.98. The van der Waals surface area contributed by atoms with Crippen LogP contribution in [0.25, 0.3) is 0 Å². The summed E-state index contributed by atoms with van der Waals surface area (Å²) < 4.78 is 0. The van der Waals surface area contributed by atoms with E-state index >= 15 is 0 Å². The van der Waals surface area contributed by atoms with Crippen molar-refractivity contribution >= 4 is 6.29 Å². The molecule has 0 radical (unpaired) electrons. The largest absolute Gasteiger partial charge is 0.390 e. The van der Waals surface area contributed by atoms with Crippen LogP contribution in [0.4, 0.5) is 0 Å². The number of aldehydes is 1. The molecule has 0 aromatic rings. The standard InChI is InChI=1S/C11H22O2/c1-10(2)6-4-5-7-11(3,13)8-9-12/h9-10,13H,4-8H2,1-3H3. The maximum Gasteiger partial charge on any atom is 0.122 e. The lowest BCUT2D eigenvalue weighted by atomic mass is 9.94. The minimum Gasteiger partial charge on any atom is -0.390 e. The van der Waals surface area contributed by atoms with Crippen LogP contribution in [-0.4, -0.2) is 17.0 Å². The molecule has 2 nitrogen and oxygen atoms in total. The Kier molecular flexibility index (Phi) is 5.97. The zero-order valence-corrected chi connectivity index (χ0v) is 9.05. The van der Waals surface area contributed by atoms with Crippen molar-refractivity contribution < 1.29 is 9.90 Å². The van der Waals surface area contributed by atoms with Crippen molar-refractivity contribution in [3.63, 3.8) is 0 Å². The molecule has 2 heteroatoms. The van der Waals surface area contributed by atoms with Crippen molar-refractivity contribution in [1.82, 2.24) is 0 Å². The zero-order valence-electron chi connectivity index (χ0n) is 9.05. The average Bonchev–Trinajstić information content (AvgIpc) is 1.98. The van der Waals surface area contributed by atoms with Crippen molar-refractivity contribution in [2.45, 2.75) is 58.5 Å². The molecule has 0 aliphatic heterocycles. The number of hydrogen-bond acceptors (Lipinski definition) is 2. The van der Waals surface area contributed by atoms with Gasteiger partial charge in [0.15, 0.2) is 0 Å². The van der Waals surface area contributed by atoms with Gasteiger partial charge >= 0.3 is 0 Å². The highest BCUT2D eigenvalue weighted by Gasteiger charge is 2.18. The lowest BCUT2D eigenvalue weighted by molar-refractivity contribution is -0.112. The van der Waals surface area contributed by atoms with Crippen LogP contribution in [0.1, 0.15) is 52.9 Å². The van der Waals surface area contributed by atoms with E-state index in [2.05, 4.69) is 13.8 Å². The van der Waals surface area contributed by atoms with Gasteiger partial charge in [-0.2, -0.15) is 0 Å². The Bertz CT molecular complexity index is 139. The van der Waals surface area contributed by atoms with E-state index in [-0.39, 0.29) is 6.42 Å². The quantitative estimate of drug-likeness (QED) is 0.490. The van der Waals surface area contributed by atoms with E-state index in [1.807, 2.05) is 0 Å². The van der Waals surface area contributed by atoms with Crippen molar-refractivity contribution in [1.29, 1.82) is 0 Å². The third-order valence-corrected chi connectivity index (χ3v) is 2.27. The second-order valence-corrected chi connectivity index (χ2v) is 4.51. The summed E-state index contributed by atoms with van der Waals surface area (Å²) in [5, 5.41) is 9.65. The van der Waals surface area contributed by atoms with Gasteiger partial charge in [-0.15, -0.1) is 0 Å². The van der Waals surface area contributed by atoms with Gasteiger partial charge in [0.25, 0.3) is 0 Å². The molecule has 1 atom stereocenters. The summed E-state index contributed by atoms with van der Waals surface area (Å²) in [6, 6.07) is 0. The highest BCUT2D eigenvalue weighted by Crippen LogP contribution is 2.18. The second kappa shape index (κ2) is 6.14. The minimum absolute atomic E-state index is 0.259. The third kappa shape index (κ3) is 7.97. The second-order valence-electron chi connectivity index (χ2n) is 4.51. The van der Waals surface area contributed by atoms with E-state index in [0.29, 0.717) is 0 Å². The van der Waals surface area contributed by atoms with Crippen LogP contribution in [0, 0.1) is 5.92 Å². The highest BCUT2D eigenvalue weighted by atomic mass is 16.3. The molecule has 0 saturated carbocycles. The predicted molar refractivity (Wildman–Crippen MR) is 54.6 cm³/mol. The molecule has 0 aliphatic carbocycles. The molecular formula is C11H22O2. The predicted octanol–water partition coefficient (Wildman–Crippen LogP) is 2.54. The Hall–Kier alpha value is -0.370. The Morgan fingerprint density at radius 3 is 2.46 bits per heavy atom. The van der Waals surface area contributed by atoms with Crippen LogP contribution in [0.3, 0.4) is 0 Å². The number of hydrogen-bond donors (Lipinski definition) is 1. The molecule has 0 aromatic carbocycles. The minimum atomic E-state index is -0.779. The van der Waals surface area contributed by atoms with Gasteiger partial charge in [0.2, 0.25) is 0 Å². The van der Waals surface area contributed by atoms with Crippen LogP contribution >= 0.6 is 0 Å². The van der Waals surface area contributed by atoms with E-state index in [9.17, 15) is 9.90 Å². The molecule has 0 spiro atoms. The van der Waals surface area contributed by atoms with E-state index in [0.717, 1.165) is 31.5 Å². The molecule has 0 fully saturated rings. The Balaban J connectivity index is 3.45. The van der Waals surface area contributed by atoms with Crippen LogP contribution in [-0.2, 0) is 4.79 Å². The molecule has 1 unspecified atom stereocenters. The smallest absolute Gasteiger partial charge is 0.122 e. The van der Waals surface area contributed by atoms with E-state index < -0.39 is 5.60 Å². The Labute approximate surface area is 81.3 Å². The first-order valence-corrected chi connectivity index (χ1v) is 5.14. The van der Waals surface area contributed by atoms with Gasteiger partial charge in [-0.1, -0.05) is 33.1 Å². The topological polar surface area (TPSA) is 37.3 Å². The van der Waals surface area contributed by atoms with Gasteiger partial charge in [0.1, 0.15) is 6.29 Å². The molecule has 0 aromatic heterocycles. The van der Waals surface area contributed by atoms with E-state index in [1.54, 1.807) is 6.92 Å². The number of rotatable bonds is 7. The monoisotopic (exact) mass is 186 g/mol. The summed E-state index contributed by atoms with van der Waals surface area (Å²) in [6.07, 6.45) is 5.15. The van der Waals surface area contributed by atoms with E-state index in [4.69, 9.17) is 0 Å². The van der Waals surface area contributed by atoms with Crippen molar-refractivity contribution in [3.8, 4) is 0 Å². The molecule has 0 amide bonds. The van der Waals surface area contributed by atoms with Gasteiger partial charge in [-0.25, -0.2) is 0 Å². The van der Waals surface area contributed by atoms with E-state index in [1.165, 1.54) is 6.42 Å². The number of aliphatic hydroxyl groups is 1. The molecule has 0 saturated heterocycles. The lowest BCUT2D eigenvalue weighted by Gasteiger charge is -2.20. The highest BCUT2D eigenvalue weighted by molar-refractivity contribution is 5.51. The fourth-order valence-corrected chi connectivity index (χ4v) is 1.34. The van der Waals surface area contributed by atoms with Gasteiger partial charge in [-0.3, -0.25) is 0 Å². The summed E-state index contributed by atoms with van der Waals surface area (Å²) in [5.74, 6) is 0.732. The van der Waals surface area contributed by atoms with Crippen molar-refractivity contribution in [3.05, 3.63) is 0 Å². The zero-order chi connectivity index (χ0) is 10.3. The molecule has 0 aliphatic rings. The molecule has 0 rings (SSSR count). The Morgan fingerprint density at radius 1 is 1.38 bits per heavy atom. The molecule has 78 valence electrons. The van der Waals surface area contributed by atoms with Gasteiger partial charge in [0.05, 0.1) is 5.60 Å². The third-order valence-electron chi connectivity index (χ3n) is 2.27. The molecule has 1 N–H and O–H groups in total. The number of carbonyl (C=O) groups is 1. The molecule has 0 bridgehead atoms. The van der Waals surface area contributed by atoms with Crippen LogP contribution in [0.2, 0.25) is 0 Å². The van der Waals surface area contributed by atoms with Crippen molar-refractivity contribution in [2.24, 2.45) is 5.92 Å². The van der Waals surface area contributed by atoms with Crippen LogP contribution < -0.4 is 0 Å². The normalized spacial score (nSPS) is 15.8. The summed E-state index contributed by atoms with van der Waals surface area (Å²) in [7, 11) is 0. The van der Waals surface area contributed by atoms with Crippen molar-refractivity contribution in [2.75, 3.05) is 0 Å². The average molecular weight is 186 g/mol. The summed E-state index contributed by atoms with van der Waals surface area (Å²) >= 11 is 0. The molecular weight excluding hydrogens is 164 g/mol.